The first-order valence-corrected chi connectivity index (χ1v) is 6.32. The van der Waals surface area contributed by atoms with Crippen LogP contribution in [-0.2, 0) is 4.79 Å². The topological polar surface area (TPSA) is 29.5 Å². The number of fused-ring (bicyclic) bond motifs is 1. The predicted molar refractivity (Wildman–Crippen MR) is 65.1 cm³/mol. The van der Waals surface area contributed by atoms with E-state index in [1.807, 2.05) is 12.1 Å². The summed E-state index contributed by atoms with van der Waals surface area (Å²) >= 11 is 0. The molecule has 0 amide bonds. The lowest BCUT2D eigenvalue weighted by Gasteiger charge is -2.37. The number of rotatable bonds is 1. The van der Waals surface area contributed by atoms with E-state index in [2.05, 4.69) is 17.0 Å². The number of ketones is 1. The first-order valence-electron chi connectivity index (χ1n) is 6.32. The number of benzene rings is 1. The first-order chi connectivity index (χ1) is 8.34. The van der Waals surface area contributed by atoms with Gasteiger partial charge in [0.15, 0.2) is 0 Å². The summed E-state index contributed by atoms with van der Waals surface area (Å²) in [6, 6.07) is 8.70. The molecular formula is C14H17NO2. The van der Waals surface area contributed by atoms with Gasteiger partial charge in [0, 0.05) is 44.0 Å². The fraction of sp³-hybridized carbons (Fsp3) is 0.500. The number of hydrogen-bond acceptors (Lipinski definition) is 3. The summed E-state index contributed by atoms with van der Waals surface area (Å²) in [6.45, 7) is 2.59. The van der Waals surface area contributed by atoms with Gasteiger partial charge in [-0.2, -0.15) is 0 Å². The van der Waals surface area contributed by atoms with Crippen LogP contribution < -0.4 is 4.74 Å². The zero-order valence-corrected chi connectivity index (χ0v) is 9.89. The summed E-state index contributed by atoms with van der Waals surface area (Å²) in [5.41, 5.74) is 1.29. The summed E-state index contributed by atoms with van der Waals surface area (Å²) in [5, 5.41) is 0. The highest BCUT2D eigenvalue weighted by atomic mass is 16.5. The lowest BCUT2D eigenvalue weighted by Crippen LogP contribution is -2.38. The summed E-state index contributed by atoms with van der Waals surface area (Å²) in [6.07, 6.45) is 2.45. The average Bonchev–Trinajstić information content (AvgIpc) is 2.39. The summed E-state index contributed by atoms with van der Waals surface area (Å²) < 4.78 is 5.67. The third kappa shape index (κ3) is 2.07. The number of carbonyl (C=O) groups excluding carboxylic acids is 1. The third-order valence-electron chi connectivity index (χ3n) is 3.72. The zero-order valence-electron chi connectivity index (χ0n) is 9.89. The third-order valence-corrected chi connectivity index (χ3v) is 3.72. The Kier molecular flexibility index (Phi) is 2.85. The molecule has 3 heteroatoms. The van der Waals surface area contributed by atoms with Gasteiger partial charge in [0.05, 0.1) is 6.61 Å². The minimum absolute atomic E-state index is 0.404. The summed E-state index contributed by atoms with van der Waals surface area (Å²) in [7, 11) is 0. The van der Waals surface area contributed by atoms with Crippen molar-refractivity contribution in [3.8, 4) is 5.75 Å². The molecule has 1 atom stereocenters. The number of carbonyl (C=O) groups is 1. The van der Waals surface area contributed by atoms with Gasteiger partial charge in [0.2, 0.25) is 0 Å². The molecule has 1 fully saturated rings. The van der Waals surface area contributed by atoms with Crippen molar-refractivity contribution >= 4 is 5.78 Å². The second-order valence-corrected chi connectivity index (χ2v) is 4.77. The van der Waals surface area contributed by atoms with Crippen molar-refractivity contribution in [3.05, 3.63) is 29.8 Å². The van der Waals surface area contributed by atoms with Gasteiger partial charge >= 0.3 is 0 Å². The Bertz CT molecular complexity index is 420. The molecule has 0 saturated carbocycles. The lowest BCUT2D eigenvalue weighted by molar-refractivity contribution is -0.122. The minimum Gasteiger partial charge on any atom is -0.493 e. The molecule has 1 aromatic rings. The molecule has 3 nitrogen and oxygen atoms in total. The Morgan fingerprint density at radius 3 is 2.76 bits per heavy atom. The van der Waals surface area contributed by atoms with Gasteiger partial charge in [-0.05, 0) is 6.07 Å². The zero-order chi connectivity index (χ0) is 11.7. The molecule has 1 unspecified atom stereocenters. The van der Waals surface area contributed by atoms with Crippen LogP contribution in [-0.4, -0.2) is 30.4 Å². The number of para-hydroxylation sites is 1. The average molecular weight is 231 g/mol. The molecule has 0 aromatic heterocycles. The predicted octanol–water partition coefficient (Wildman–Crippen LogP) is 2.18. The van der Waals surface area contributed by atoms with Crippen molar-refractivity contribution in [2.45, 2.75) is 25.3 Å². The van der Waals surface area contributed by atoms with Crippen LogP contribution in [0.3, 0.4) is 0 Å². The molecule has 17 heavy (non-hydrogen) atoms. The molecule has 3 rings (SSSR count). The monoisotopic (exact) mass is 231 g/mol. The van der Waals surface area contributed by atoms with E-state index in [4.69, 9.17) is 4.74 Å². The molecule has 0 radical (unpaired) electrons. The van der Waals surface area contributed by atoms with E-state index in [0.29, 0.717) is 24.7 Å². The van der Waals surface area contributed by atoms with Crippen LogP contribution in [0.5, 0.6) is 5.75 Å². The molecule has 90 valence electrons. The van der Waals surface area contributed by atoms with Crippen LogP contribution in [0.4, 0.5) is 0 Å². The second kappa shape index (κ2) is 4.49. The van der Waals surface area contributed by atoms with Crippen molar-refractivity contribution in [3.63, 3.8) is 0 Å². The Hall–Kier alpha value is -1.35. The SMILES string of the molecule is O=C1CCN(C2CCOc3ccccc32)CC1. The van der Waals surface area contributed by atoms with Gasteiger partial charge in [0.25, 0.3) is 0 Å². The minimum atomic E-state index is 0.404. The number of hydrogen-bond donors (Lipinski definition) is 0. The lowest BCUT2D eigenvalue weighted by atomic mass is 9.96. The van der Waals surface area contributed by atoms with Crippen LogP contribution in [0.2, 0.25) is 0 Å². The molecule has 1 saturated heterocycles. The maximum atomic E-state index is 11.3. The molecule has 0 bridgehead atoms. The van der Waals surface area contributed by atoms with Gasteiger partial charge in [0.1, 0.15) is 11.5 Å². The van der Waals surface area contributed by atoms with Crippen LogP contribution in [0.25, 0.3) is 0 Å². The van der Waals surface area contributed by atoms with E-state index in [9.17, 15) is 4.79 Å². The van der Waals surface area contributed by atoms with Crippen molar-refractivity contribution in [1.29, 1.82) is 0 Å². The molecule has 0 N–H and O–H groups in total. The number of ether oxygens (including phenoxy) is 1. The van der Waals surface area contributed by atoms with E-state index in [1.54, 1.807) is 0 Å². The second-order valence-electron chi connectivity index (χ2n) is 4.77. The first kappa shape index (κ1) is 10.8. The Morgan fingerprint density at radius 1 is 1.18 bits per heavy atom. The highest BCUT2D eigenvalue weighted by Crippen LogP contribution is 2.36. The summed E-state index contributed by atoms with van der Waals surface area (Å²) in [5.74, 6) is 1.42. The smallest absolute Gasteiger partial charge is 0.135 e. The Labute approximate surface area is 101 Å². The van der Waals surface area contributed by atoms with Crippen LogP contribution in [0.15, 0.2) is 24.3 Å². The highest BCUT2D eigenvalue weighted by molar-refractivity contribution is 5.79. The number of piperidine rings is 1. The number of likely N-dealkylation sites (tertiary alicyclic amines) is 1. The highest BCUT2D eigenvalue weighted by Gasteiger charge is 2.29. The molecule has 2 aliphatic heterocycles. The fourth-order valence-corrected chi connectivity index (χ4v) is 2.79. The van der Waals surface area contributed by atoms with Crippen LogP contribution >= 0.6 is 0 Å². The normalized spacial score (nSPS) is 25.2. The molecule has 2 aliphatic rings. The number of nitrogens with zero attached hydrogens (tertiary/aromatic N) is 1. The standard InChI is InChI=1S/C14H17NO2/c16-11-5-8-15(9-6-11)13-7-10-17-14-4-2-1-3-12(13)14/h1-4,13H,5-10H2. The quantitative estimate of drug-likeness (QED) is 0.742. The van der Waals surface area contributed by atoms with Gasteiger partial charge in [-0.1, -0.05) is 18.2 Å². The van der Waals surface area contributed by atoms with E-state index in [1.165, 1.54) is 5.56 Å². The Balaban J connectivity index is 1.83. The van der Waals surface area contributed by atoms with Gasteiger partial charge in [-0.3, -0.25) is 9.69 Å². The van der Waals surface area contributed by atoms with Crippen LogP contribution in [0.1, 0.15) is 30.9 Å². The molecule has 0 aliphatic carbocycles. The summed E-state index contributed by atoms with van der Waals surface area (Å²) in [4.78, 5) is 13.7. The van der Waals surface area contributed by atoms with Crippen molar-refractivity contribution in [2.75, 3.05) is 19.7 Å². The maximum Gasteiger partial charge on any atom is 0.135 e. The molecule has 0 spiro atoms. The van der Waals surface area contributed by atoms with E-state index >= 15 is 0 Å². The van der Waals surface area contributed by atoms with E-state index in [0.717, 1.165) is 31.9 Å². The van der Waals surface area contributed by atoms with E-state index in [-0.39, 0.29) is 0 Å². The Morgan fingerprint density at radius 2 is 1.94 bits per heavy atom. The van der Waals surface area contributed by atoms with Gasteiger partial charge in [-0.25, -0.2) is 0 Å². The van der Waals surface area contributed by atoms with Gasteiger partial charge < -0.3 is 4.74 Å². The van der Waals surface area contributed by atoms with Crippen molar-refractivity contribution in [2.24, 2.45) is 0 Å². The molecular weight excluding hydrogens is 214 g/mol. The molecule has 2 heterocycles. The number of Topliss-reactive ketones (excluding diaryl/α,β-unsaturated/α-hetero) is 1. The van der Waals surface area contributed by atoms with Gasteiger partial charge in [-0.15, -0.1) is 0 Å². The van der Waals surface area contributed by atoms with Crippen LogP contribution in [0, 0.1) is 0 Å². The van der Waals surface area contributed by atoms with E-state index < -0.39 is 0 Å². The van der Waals surface area contributed by atoms with Crippen molar-refractivity contribution in [1.82, 2.24) is 4.90 Å². The van der Waals surface area contributed by atoms with Crippen molar-refractivity contribution < 1.29 is 9.53 Å². The molecule has 1 aromatic carbocycles. The maximum absolute atomic E-state index is 11.3. The fourth-order valence-electron chi connectivity index (χ4n) is 2.79. The largest absolute Gasteiger partial charge is 0.493 e.